The zero-order valence-corrected chi connectivity index (χ0v) is 18.3. The third-order valence-corrected chi connectivity index (χ3v) is 7.13. The molecule has 1 N–H and O–H groups in total. The van der Waals surface area contributed by atoms with Crippen LogP contribution in [0.4, 0.5) is 0 Å². The van der Waals surface area contributed by atoms with Crippen LogP contribution in [-0.4, -0.2) is 31.4 Å². The van der Waals surface area contributed by atoms with Gasteiger partial charge in [-0.1, -0.05) is 18.6 Å². The van der Waals surface area contributed by atoms with E-state index in [1.807, 2.05) is 41.8 Å². The van der Waals surface area contributed by atoms with Crippen molar-refractivity contribution < 1.29 is 14.7 Å². The van der Waals surface area contributed by atoms with Gasteiger partial charge in [-0.2, -0.15) is 0 Å². The molecule has 1 saturated carbocycles. The third-order valence-electron chi connectivity index (χ3n) is 6.22. The van der Waals surface area contributed by atoms with Gasteiger partial charge in [0.25, 0.3) is 0 Å². The van der Waals surface area contributed by atoms with E-state index in [0.717, 1.165) is 47.6 Å². The number of aromatic nitrogens is 3. The first-order chi connectivity index (χ1) is 15.6. The molecule has 0 saturated heterocycles. The van der Waals surface area contributed by atoms with Crippen LogP contribution in [0.3, 0.4) is 0 Å². The van der Waals surface area contributed by atoms with E-state index in [2.05, 4.69) is 9.55 Å². The van der Waals surface area contributed by atoms with E-state index >= 15 is 0 Å². The van der Waals surface area contributed by atoms with E-state index in [-0.39, 0.29) is 17.4 Å². The molecule has 6 nitrogen and oxygen atoms in total. The number of carbonyl (C=O) groups excluding carboxylic acids is 1. The molecule has 1 fully saturated rings. The quantitative estimate of drug-likeness (QED) is 0.376. The van der Waals surface area contributed by atoms with Crippen LogP contribution < -0.4 is 0 Å². The van der Waals surface area contributed by atoms with Gasteiger partial charge in [-0.15, -0.1) is 11.3 Å². The van der Waals surface area contributed by atoms with Crippen molar-refractivity contribution in [2.75, 3.05) is 0 Å². The van der Waals surface area contributed by atoms with Crippen molar-refractivity contribution in [3.63, 3.8) is 0 Å². The third kappa shape index (κ3) is 3.96. The Morgan fingerprint density at radius 3 is 2.78 bits per heavy atom. The average molecular weight is 446 g/mol. The maximum atomic E-state index is 12.7. The van der Waals surface area contributed by atoms with Crippen LogP contribution in [0.1, 0.15) is 58.2 Å². The number of carboxylic acid groups (broad SMARTS) is 1. The molecule has 3 heterocycles. The van der Waals surface area contributed by atoms with Crippen LogP contribution in [0.15, 0.2) is 60.1 Å². The molecule has 0 aliphatic heterocycles. The number of ketones is 1. The van der Waals surface area contributed by atoms with Crippen molar-refractivity contribution in [1.29, 1.82) is 0 Å². The number of nitrogens with zero attached hydrogens (tertiary/aromatic N) is 3. The molecule has 3 aromatic heterocycles. The zero-order chi connectivity index (χ0) is 22.1. The van der Waals surface area contributed by atoms with E-state index in [0.29, 0.717) is 17.9 Å². The molecule has 7 heteroatoms. The molecule has 0 bridgehead atoms. The first kappa shape index (κ1) is 20.6. The van der Waals surface area contributed by atoms with Crippen molar-refractivity contribution in [2.45, 2.75) is 38.1 Å². The number of carboxylic acids is 1. The summed E-state index contributed by atoms with van der Waals surface area (Å²) in [6.07, 6.45) is 6.28. The summed E-state index contributed by atoms with van der Waals surface area (Å²) >= 11 is 1.50. The van der Waals surface area contributed by atoms with Crippen LogP contribution in [0.5, 0.6) is 0 Å². The van der Waals surface area contributed by atoms with Gasteiger partial charge in [-0.3, -0.25) is 9.78 Å². The van der Waals surface area contributed by atoms with Gasteiger partial charge < -0.3 is 9.67 Å². The van der Waals surface area contributed by atoms with Crippen molar-refractivity contribution in [3.8, 4) is 11.5 Å². The second kappa shape index (κ2) is 8.67. The number of Topliss-reactive ketones (excluding diaryl/α,β-unsaturated/α-hetero) is 1. The minimum Gasteiger partial charge on any atom is -0.478 e. The lowest BCUT2D eigenvalue weighted by Crippen LogP contribution is -2.22. The number of thiophene rings is 1. The molecule has 1 aromatic carbocycles. The van der Waals surface area contributed by atoms with Crippen LogP contribution in [0.2, 0.25) is 0 Å². The molecule has 32 heavy (non-hydrogen) atoms. The standard InChI is InChI=1S/C25H23N3O3S/c29-22(23-8-4-12-32-23)14-16-5-3-6-18(13-16)28-21-10-9-17(25(30)31)15-20(21)27-24(28)19-7-1-2-11-26-19/h1-2,4,7-12,15-16,18H,3,5-6,13-14H2,(H,30,31)/t16-,18+/m0/s1. The summed E-state index contributed by atoms with van der Waals surface area (Å²) in [4.78, 5) is 34.3. The van der Waals surface area contributed by atoms with Crippen molar-refractivity contribution in [1.82, 2.24) is 14.5 Å². The Morgan fingerprint density at radius 2 is 2.03 bits per heavy atom. The van der Waals surface area contributed by atoms with E-state index in [1.54, 1.807) is 18.3 Å². The molecular formula is C25H23N3O3S. The fourth-order valence-electron chi connectivity index (χ4n) is 4.76. The highest BCUT2D eigenvalue weighted by molar-refractivity contribution is 7.12. The summed E-state index contributed by atoms with van der Waals surface area (Å²) in [7, 11) is 0. The second-order valence-electron chi connectivity index (χ2n) is 8.32. The molecule has 4 aromatic rings. The van der Waals surface area contributed by atoms with E-state index in [4.69, 9.17) is 4.98 Å². The van der Waals surface area contributed by atoms with Crippen LogP contribution in [0, 0.1) is 5.92 Å². The summed E-state index contributed by atoms with van der Waals surface area (Å²) in [5.41, 5.74) is 2.54. The first-order valence-corrected chi connectivity index (χ1v) is 11.7. The van der Waals surface area contributed by atoms with Gasteiger partial charge >= 0.3 is 5.97 Å². The maximum Gasteiger partial charge on any atom is 0.335 e. The Balaban J connectivity index is 1.51. The number of fused-ring (bicyclic) bond motifs is 1. The number of aromatic carboxylic acids is 1. The normalized spacial score (nSPS) is 18.6. The van der Waals surface area contributed by atoms with Gasteiger partial charge in [0.2, 0.25) is 0 Å². The maximum absolute atomic E-state index is 12.7. The molecule has 0 radical (unpaired) electrons. The minimum atomic E-state index is -0.967. The topological polar surface area (TPSA) is 85.1 Å². The van der Waals surface area contributed by atoms with E-state index < -0.39 is 5.97 Å². The fraction of sp³-hybridized carbons (Fsp3) is 0.280. The predicted octanol–water partition coefficient (Wildman–Crippen LogP) is 5.86. The minimum absolute atomic E-state index is 0.183. The number of hydrogen-bond donors (Lipinski definition) is 1. The molecule has 1 aliphatic rings. The van der Waals surface area contributed by atoms with Crippen molar-refractivity contribution in [3.05, 3.63) is 70.5 Å². The predicted molar refractivity (Wildman–Crippen MR) is 124 cm³/mol. The molecule has 162 valence electrons. The number of carbonyl (C=O) groups is 2. The molecule has 0 amide bonds. The molecule has 0 spiro atoms. The Kier molecular flexibility index (Phi) is 5.57. The summed E-state index contributed by atoms with van der Waals surface area (Å²) in [6.45, 7) is 0. The van der Waals surface area contributed by atoms with Crippen LogP contribution >= 0.6 is 11.3 Å². The molecular weight excluding hydrogens is 422 g/mol. The monoisotopic (exact) mass is 445 g/mol. The summed E-state index contributed by atoms with van der Waals surface area (Å²) < 4.78 is 2.21. The van der Waals surface area contributed by atoms with Crippen LogP contribution in [0.25, 0.3) is 22.6 Å². The zero-order valence-electron chi connectivity index (χ0n) is 17.5. The Morgan fingerprint density at radius 1 is 1.12 bits per heavy atom. The van der Waals surface area contributed by atoms with Gasteiger partial charge in [-0.25, -0.2) is 9.78 Å². The Bertz CT molecular complexity index is 1260. The highest BCUT2D eigenvalue weighted by Gasteiger charge is 2.29. The molecule has 2 atom stereocenters. The highest BCUT2D eigenvalue weighted by atomic mass is 32.1. The van der Waals surface area contributed by atoms with E-state index in [1.165, 1.54) is 11.3 Å². The van der Waals surface area contributed by atoms with Gasteiger partial charge in [0.1, 0.15) is 5.69 Å². The SMILES string of the molecule is O=C(O)c1ccc2c(c1)nc(-c1ccccn1)n2[C@@H]1CCC[C@H](CC(=O)c2cccs2)C1. The largest absolute Gasteiger partial charge is 0.478 e. The van der Waals surface area contributed by atoms with Gasteiger partial charge in [0.15, 0.2) is 11.6 Å². The number of hydrogen-bond acceptors (Lipinski definition) is 5. The first-order valence-electron chi connectivity index (χ1n) is 10.8. The van der Waals surface area contributed by atoms with Crippen LogP contribution in [-0.2, 0) is 0 Å². The summed E-state index contributed by atoms with van der Waals surface area (Å²) in [5, 5.41) is 11.3. The number of imidazole rings is 1. The van der Waals surface area contributed by atoms with Gasteiger partial charge in [0.05, 0.1) is 21.5 Å². The number of benzene rings is 1. The lowest BCUT2D eigenvalue weighted by Gasteiger charge is -2.31. The lowest BCUT2D eigenvalue weighted by molar-refractivity contribution is 0.0696. The molecule has 0 unspecified atom stereocenters. The fourth-order valence-corrected chi connectivity index (χ4v) is 5.44. The average Bonchev–Trinajstić information content (AvgIpc) is 3.48. The Labute approximate surface area is 189 Å². The Hall–Kier alpha value is -3.32. The highest BCUT2D eigenvalue weighted by Crippen LogP contribution is 2.39. The summed E-state index contributed by atoms with van der Waals surface area (Å²) in [6, 6.07) is 14.8. The lowest BCUT2D eigenvalue weighted by atomic mass is 9.82. The van der Waals surface area contributed by atoms with Gasteiger partial charge in [-0.05, 0) is 67.0 Å². The molecule has 5 rings (SSSR count). The number of pyridine rings is 1. The second-order valence-corrected chi connectivity index (χ2v) is 9.27. The van der Waals surface area contributed by atoms with Crippen molar-refractivity contribution in [2.24, 2.45) is 5.92 Å². The van der Waals surface area contributed by atoms with Crippen molar-refractivity contribution >= 4 is 34.1 Å². The smallest absolute Gasteiger partial charge is 0.335 e. The summed E-state index contributed by atoms with van der Waals surface area (Å²) in [5.74, 6) is 0.317. The van der Waals surface area contributed by atoms with Gasteiger partial charge in [0, 0.05) is 18.7 Å². The number of rotatable bonds is 6. The van der Waals surface area contributed by atoms with E-state index in [9.17, 15) is 14.7 Å². The molecule has 1 aliphatic carbocycles.